The molecule has 0 aliphatic carbocycles. The molecule has 1 rings (SSSR count). The molecule has 0 unspecified atom stereocenters. The molecule has 0 radical (unpaired) electrons. The molecule has 0 N–H and O–H groups in total. The van der Waals surface area contributed by atoms with Crippen LogP contribution in [0.2, 0.25) is 0 Å². The lowest BCUT2D eigenvalue weighted by molar-refractivity contribution is 0.778. The van der Waals surface area contributed by atoms with Gasteiger partial charge in [-0.15, -0.1) is 11.8 Å². The monoisotopic (exact) mass is 260 g/mol. The highest BCUT2D eigenvalue weighted by molar-refractivity contribution is 9.10. The molecule has 0 aliphatic rings. The predicted molar refractivity (Wildman–Crippen MR) is 60.0 cm³/mol. The Hall–Kier alpha value is -0.0900. The summed E-state index contributed by atoms with van der Waals surface area (Å²) in [4.78, 5) is 8.10. The van der Waals surface area contributed by atoms with E-state index in [4.69, 9.17) is 0 Å². The van der Waals surface area contributed by atoms with Crippen molar-refractivity contribution in [1.82, 2.24) is 9.97 Å². The number of nitrogens with zero attached hydrogens (tertiary/aromatic N) is 2. The van der Waals surface area contributed by atoms with Crippen LogP contribution in [0.4, 0.5) is 0 Å². The fraction of sp³-hybridized carbons (Fsp3) is 0.556. The van der Waals surface area contributed by atoms with Crippen LogP contribution in [0.25, 0.3) is 0 Å². The molecule has 1 heterocycles. The number of aromatic nitrogens is 2. The fourth-order valence-corrected chi connectivity index (χ4v) is 2.35. The summed E-state index contributed by atoms with van der Waals surface area (Å²) >= 11 is 5.21. The lowest BCUT2D eigenvalue weighted by Gasteiger charge is -2.01. The number of halogens is 1. The Morgan fingerprint density at radius 1 is 1.46 bits per heavy atom. The molecule has 0 saturated heterocycles. The van der Waals surface area contributed by atoms with Gasteiger partial charge < -0.3 is 0 Å². The van der Waals surface area contributed by atoms with Crippen LogP contribution in [0.1, 0.15) is 26.2 Å². The third kappa shape index (κ3) is 4.09. The average molecular weight is 261 g/mol. The normalized spacial score (nSPS) is 10.3. The summed E-state index contributed by atoms with van der Waals surface area (Å²) in [6.07, 6.45) is 7.21. The van der Waals surface area contributed by atoms with Crippen LogP contribution in [-0.4, -0.2) is 15.7 Å². The van der Waals surface area contributed by atoms with E-state index in [1.165, 1.54) is 19.3 Å². The molecule has 1 aromatic heterocycles. The Morgan fingerprint density at radius 3 is 3.00 bits per heavy atom. The van der Waals surface area contributed by atoms with Crippen molar-refractivity contribution in [1.29, 1.82) is 0 Å². The minimum atomic E-state index is 0.997. The molecule has 0 amide bonds. The number of hydrogen-bond donors (Lipinski definition) is 0. The molecule has 0 fully saturated rings. The minimum absolute atomic E-state index is 0.997. The Balaban J connectivity index is 2.32. The van der Waals surface area contributed by atoms with E-state index in [2.05, 4.69) is 32.8 Å². The lowest BCUT2D eigenvalue weighted by Crippen LogP contribution is -1.86. The zero-order valence-electron chi connectivity index (χ0n) is 7.66. The summed E-state index contributed by atoms with van der Waals surface area (Å²) in [7, 11) is 0. The number of hydrogen-bond acceptors (Lipinski definition) is 3. The highest BCUT2D eigenvalue weighted by Crippen LogP contribution is 2.24. The fourth-order valence-electron chi connectivity index (χ4n) is 0.929. The molecule has 0 aromatic carbocycles. The Bertz CT molecular complexity index is 255. The standard InChI is InChI=1S/C9H13BrN2S/c1-2-3-4-5-13-9-8(10)6-11-7-12-9/h6-7H,2-5H2,1H3. The molecule has 13 heavy (non-hydrogen) atoms. The molecule has 0 bridgehead atoms. The highest BCUT2D eigenvalue weighted by Gasteiger charge is 2.00. The molecular weight excluding hydrogens is 248 g/mol. The van der Waals surface area contributed by atoms with E-state index in [9.17, 15) is 0 Å². The van der Waals surface area contributed by atoms with E-state index < -0.39 is 0 Å². The van der Waals surface area contributed by atoms with Gasteiger partial charge in [-0.3, -0.25) is 0 Å². The van der Waals surface area contributed by atoms with Gasteiger partial charge in [0.2, 0.25) is 0 Å². The van der Waals surface area contributed by atoms with Crippen molar-refractivity contribution < 1.29 is 0 Å². The van der Waals surface area contributed by atoms with Crippen molar-refractivity contribution in [2.45, 2.75) is 31.2 Å². The zero-order valence-corrected chi connectivity index (χ0v) is 10.1. The second-order valence-corrected chi connectivity index (χ2v) is 4.67. The molecule has 72 valence electrons. The van der Waals surface area contributed by atoms with Gasteiger partial charge >= 0.3 is 0 Å². The van der Waals surface area contributed by atoms with Gasteiger partial charge in [0.25, 0.3) is 0 Å². The largest absolute Gasteiger partial charge is 0.244 e. The molecule has 1 aromatic rings. The van der Waals surface area contributed by atoms with Gasteiger partial charge in [0, 0.05) is 6.20 Å². The number of unbranched alkanes of at least 4 members (excludes halogenated alkanes) is 2. The quantitative estimate of drug-likeness (QED) is 0.460. The van der Waals surface area contributed by atoms with Crippen molar-refractivity contribution in [3.05, 3.63) is 17.0 Å². The Kier molecular flexibility index (Phi) is 5.39. The molecule has 0 atom stereocenters. The van der Waals surface area contributed by atoms with E-state index in [1.54, 1.807) is 24.3 Å². The van der Waals surface area contributed by atoms with Gasteiger partial charge in [0.05, 0.1) is 4.47 Å². The van der Waals surface area contributed by atoms with Crippen LogP contribution >= 0.6 is 27.7 Å². The Labute approximate surface area is 91.7 Å². The van der Waals surface area contributed by atoms with E-state index in [-0.39, 0.29) is 0 Å². The first-order chi connectivity index (χ1) is 6.34. The van der Waals surface area contributed by atoms with E-state index in [0.717, 1.165) is 15.3 Å². The van der Waals surface area contributed by atoms with Crippen LogP contribution < -0.4 is 0 Å². The van der Waals surface area contributed by atoms with Crippen molar-refractivity contribution in [2.75, 3.05) is 5.75 Å². The molecule has 0 aliphatic heterocycles. The summed E-state index contributed by atoms with van der Waals surface area (Å²) in [5.74, 6) is 1.14. The molecule has 4 heteroatoms. The first kappa shape index (κ1) is 11.0. The summed E-state index contributed by atoms with van der Waals surface area (Å²) < 4.78 is 0.997. The molecule has 2 nitrogen and oxygen atoms in total. The molecule has 0 spiro atoms. The van der Waals surface area contributed by atoms with E-state index in [1.807, 2.05) is 0 Å². The van der Waals surface area contributed by atoms with Crippen LogP contribution in [0, 0.1) is 0 Å². The second kappa shape index (κ2) is 6.38. The van der Waals surface area contributed by atoms with Gasteiger partial charge in [0.1, 0.15) is 11.4 Å². The summed E-state index contributed by atoms with van der Waals surface area (Å²) in [6.45, 7) is 2.21. The Morgan fingerprint density at radius 2 is 2.31 bits per heavy atom. The summed E-state index contributed by atoms with van der Waals surface area (Å²) in [6, 6.07) is 0. The third-order valence-electron chi connectivity index (χ3n) is 1.62. The molecule has 0 saturated carbocycles. The number of thioether (sulfide) groups is 1. The maximum absolute atomic E-state index is 4.18. The maximum Gasteiger partial charge on any atom is 0.116 e. The van der Waals surface area contributed by atoms with Gasteiger partial charge in [-0.1, -0.05) is 19.8 Å². The SMILES string of the molecule is CCCCCSc1ncncc1Br. The van der Waals surface area contributed by atoms with Gasteiger partial charge in [-0.05, 0) is 28.1 Å². The first-order valence-electron chi connectivity index (χ1n) is 4.43. The highest BCUT2D eigenvalue weighted by atomic mass is 79.9. The van der Waals surface area contributed by atoms with Crippen molar-refractivity contribution in [3.8, 4) is 0 Å². The average Bonchev–Trinajstić information content (AvgIpc) is 2.15. The maximum atomic E-state index is 4.18. The predicted octanol–water partition coefficient (Wildman–Crippen LogP) is 3.52. The van der Waals surface area contributed by atoms with Gasteiger partial charge in [-0.2, -0.15) is 0 Å². The van der Waals surface area contributed by atoms with Crippen molar-refractivity contribution in [2.24, 2.45) is 0 Å². The van der Waals surface area contributed by atoms with Crippen molar-refractivity contribution in [3.63, 3.8) is 0 Å². The summed E-state index contributed by atoms with van der Waals surface area (Å²) in [5, 5.41) is 1.05. The van der Waals surface area contributed by atoms with Crippen molar-refractivity contribution >= 4 is 27.7 Å². The van der Waals surface area contributed by atoms with Crippen LogP contribution in [-0.2, 0) is 0 Å². The zero-order chi connectivity index (χ0) is 9.52. The van der Waals surface area contributed by atoms with E-state index in [0.29, 0.717) is 0 Å². The molecular formula is C9H13BrN2S. The summed E-state index contributed by atoms with van der Waals surface area (Å²) in [5.41, 5.74) is 0. The van der Waals surface area contributed by atoms with Gasteiger partial charge in [-0.25, -0.2) is 9.97 Å². The lowest BCUT2D eigenvalue weighted by atomic mass is 10.3. The van der Waals surface area contributed by atoms with Crippen LogP contribution in [0.5, 0.6) is 0 Å². The minimum Gasteiger partial charge on any atom is -0.244 e. The third-order valence-corrected chi connectivity index (χ3v) is 3.55. The first-order valence-corrected chi connectivity index (χ1v) is 6.20. The second-order valence-electron chi connectivity index (χ2n) is 2.73. The van der Waals surface area contributed by atoms with Crippen LogP contribution in [0.15, 0.2) is 22.0 Å². The topological polar surface area (TPSA) is 25.8 Å². The van der Waals surface area contributed by atoms with Crippen LogP contribution in [0.3, 0.4) is 0 Å². The van der Waals surface area contributed by atoms with Gasteiger partial charge in [0.15, 0.2) is 0 Å². The van der Waals surface area contributed by atoms with E-state index >= 15 is 0 Å². The number of rotatable bonds is 5. The smallest absolute Gasteiger partial charge is 0.116 e.